The van der Waals surface area contributed by atoms with Crippen LogP contribution in [0.15, 0.2) is 65.7 Å². The summed E-state index contributed by atoms with van der Waals surface area (Å²) in [4.78, 5) is 16.7. The number of benzene rings is 2. The molecule has 0 radical (unpaired) electrons. The van der Waals surface area contributed by atoms with Gasteiger partial charge in [-0.1, -0.05) is 18.2 Å². The van der Waals surface area contributed by atoms with E-state index in [1.54, 1.807) is 48.9 Å². The van der Waals surface area contributed by atoms with Crippen molar-refractivity contribution in [2.45, 2.75) is 11.8 Å². The van der Waals surface area contributed by atoms with Crippen molar-refractivity contribution in [2.24, 2.45) is 0 Å². The van der Waals surface area contributed by atoms with Crippen LogP contribution < -0.4 is 5.32 Å². The molecule has 0 spiro atoms. The first-order valence-corrected chi connectivity index (χ1v) is 9.48. The molecule has 0 fully saturated rings. The Labute approximate surface area is 153 Å². The average Bonchev–Trinajstić information content (AvgIpc) is 2.61. The third kappa shape index (κ3) is 3.86. The lowest BCUT2D eigenvalue weighted by Crippen LogP contribution is -2.08. The molecule has 132 valence electrons. The predicted molar refractivity (Wildman–Crippen MR) is 102 cm³/mol. The normalized spacial score (nSPS) is 11.8. The van der Waals surface area contributed by atoms with Gasteiger partial charge in [-0.15, -0.1) is 0 Å². The highest BCUT2D eigenvalue weighted by atomic mass is 32.2. The lowest BCUT2D eigenvalue weighted by molar-refractivity contribution is -0.114. The van der Waals surface area contributed by atoms with Crippen LogP contribution in [0.25, 0.3) is 22.4 Å². The first-order valence-electron chi connectivity index (χ1n) is 7.92. The molecule has 6 heteroatoms. The molecule has 0 saturated carbocycles. The molecule has 1 heterocycles. The van der Waals surface area contributed by atoms with Crippen molar-refractivity contribution in [3.8, 4) is 22.4 Å². The molecule has 0 bridgehead atoms. The second-order valence-electron chi connectivity index (χ2n) is 5.75. The molecule has 0 aliphatic rings. The molecule has 26 heavy (non-hydrogen) atoms. The molecule has 3 rings (SSSR count). The van der Waals surface area contributed by atoms with E-state index in [0.717, 1.165) is 5.56 Å². The number of carbonyl (C=O) groups is 1. The second kappa shape index (κ2) is 7.58. The molecule has 1 atom stereocenters. The van der Waals surface area contributed by atoms with Gasteiger partial charge in [0.2, 0.25) is 5.91 Å². The summed E-state index contributed by atoms with van der Waals surface area (Å²) >= 11 is 0. The zero-order valence-electron chi connectivity index (χ0n) is 14.3. The van der Waals surface area contributed by atoms with Crippen LogP contribution in [0.2, 0.25) is 0 Å². The maximum absolute atomic E-state index is 13.7. The van der Waals surface area contributed by atoms with Crippen molar-refractivity contribution in [1.82, 2.24) is 4.98 Å². The summed E-state index contributed by atoms with van der Waals surface area (Å²) in [5.74, 6) is -0.579. The van der Waals surface area contributed by atoms with Gasteiger partial charge in [-0.25, -0.2) is 4.39 Å². The summed E-state index contributed by atoms with van der Waals surface area (Å²) < 4.78 is 25.5. The van der Waals surface area contributed by atoms with Crippen molar-refractivity contribution in [1.29, 1.82) is 0 Å². The van der Waals surface area contributed by atoms with E-state index in [1.165, 1.54) is 19.1 Å². The number of nitrogens with one attached hydrogen (secondary N) is 1. The van der Waals surface area contributed by atoms with Gasteiger partial charge in [0.15, 0.2) is 0 Å². The zero-order valence-corrected chi connectivity index (χ0v) is 15.1. The molecule has 1 unspecified atom stereocenters. The number of hydrogen-bond donors (Lipinski definition) is 1. The molecule has 1 aromatic heterocycles. The van der Waals surface area contributed by atoms with Crippen LogP contribution in [-0.4, -0.2) is 21.4 Å². The molecule has 0 aliphatic heterocycles. The van der Waals surface area contributed by atoms with Crippen LogP contribution >= 0.6 is 0 Å². The fraction of sp³-hybridized carbons (Fsp3) is 0.100. The predicted octanol–water partition coefficient (Wildman–Crippen LogP) is 4.25. The second-order valence-corrected chi connectivity index (χ2v) is 7.13. The van der Waals surface area contributed by atoms with Gasteiger partial charge in [-0.3, -0.25) is 14.0 Å². The van der Waals surface area contributed by atoms with E-state index in [0.29, 0.717) is 27.4 Å². The number of aromatic nitrogens is 1. The molecule has 3 aromatic rings. The van der Waals surface area contributed by atoms with E-state index in [-0.39, 0.29) is 11.7 Å². The van der Waals surface area contributed by atoms with Crippen LogP contribution in [0.4, 0.5) is 10.1 Å². The minimum absolute atomic E-state index is 0.242. The monoisotopic (exact) mass is 368 g/mol. The van der Waals surface area contributed by atoms with Gasteiger partial charge in [0.05, 0.1) is 11.4 Å². The summed E-state index contributed by atoms with van der Waals surface area (Å²) in [6.07, 6.45) is 3.22. The topological polar surface area (TPSA) is 59.1 Å². The number of halogens is 1. The van der Waals surface area contributed by atoms with Gasteiger partial charge < -0.3 is 5.32 Å². The third-order valence-electron chi connectivity index (χ3n) is 3.83. The number of carbonyl (C=O) groups excluding carboxylic acids is 1. The Morgan fingerprint density at radius 2 is 1.88 bits per heavy atom. The van der Waals surface area contributed by atoms with Crippen LogP contribution in [0, 0.1) is 5.82 Å². The summed E-state index contributed by atoms with van der Waals surface area (Å²) in [5, 5.41) is 2.77. The molecular formula is C20H17FN2O2S. The van der Waals surface area contributed by atoms with Gasteiger partial charge in [0.25, 0.3) is 0 Å². The largest absolute Gasteiger partial charge is 0.326 e. The maximum Gasteiger partial charge on any atom is 0.221 e. The van der Waals surface area contributed by atoms with Crippen molar-refractivity contribution in [3.05, 3.63) is 66.6 Å². The highest BCUT2D eigenvalue weighted by Gasteiger charge is 2.15. The average molecular weight is 368 g/mol. The number of rotatable bonds is 4. The van der Waals surface area contributed by atoms with E-state index >= 15 is 0 Å². The smallest absolute Gasteiger partial charge is 0.221 e. The van der Waals surface area contributed by atoms with Gasteiger partial charge in [0.1, 0.15) is 5.82 Å². The Kier molecular flexibility index (Phi) is 5.23. The van der Waals surface area contributed by atoms with E-state index < -0.39 is 10.8 Å². The van der Waals surface area contributed by atoms with Crippen LogP contribution in [0.3, 0.4) is 0 Å². The van der Waals surface area contributed by atoms with Crippen molar-refractivity contribution >= 4 is 22.4 Å². The molecule has 2 aromatic carbocycles. The minimum atomic E-state index is -1.18. The number of nitrogens with zero attached hydrogens (tertiary/aromatic N) is 1. The molecule has 0 saturated heterocycles. The molecule has 0 aliphatic carbocycles. The minimum Gasteiger partial charge on any atom is -0.326 e. The lowest BCUT2D eigenvalue weighted by atomic mass is 9.98. The van der Waals surface area contributed by atoms with Crippen molar-refractivity contribution < 1.29 is 13.4 Å². The molecule has 4 nitrogen and oxygen atoms in total. The summed E-state index contributed by atoms with van der Waals surface area (Å²) in [6, 6.07) is 15.1. The number of hydrogen-bond acceptors (Lipinski definition) is 3. The first kappa shape index (κ1) is 17.9. The summed E-state index contributed by atoms with van der Waals surface area (Å²) in [6.45, 7) is 1.41. The summed E-state index contributed by atoms with van der Waals surface area (Å²) in [5.41, 5.74) is 3.22. The summed E-state index contributed by atoms with van der Waals surface area (Å²) in [7, 11) is -1.18. The van der Waals surface area contributed by atoms with E-state index in [1.807, 2.05) is 6.07 Å². The Bertz CT molecular complexity index is 1000. The molecular weight excluding hydrogens is 351 g/mol. The highest BCUT2D eigenvalue weighted by molar-refractivity contribution is 7.84. The standard InChI is InChI=1S/C20H17FN2O2S/c1-13(24)23-19-12-16(26(2)25)8-9-18(19)20-17(7-4-10-22-20)14-5-3-6-15(21)11-14/h3-12H,1-2H3,(H,23,24). The number of pyridine rings is 1. The molecule has 1 N–H and O–H groups in total. The van der Waals surface area contributed by atoms with Crippen LogP contribution in [0.5, 0.6) is 0 Å². The maximum atomic E-state index is 13.7. The Hall–Kier alpha value is -2.86. The fourth-order valence-corrected chi connectivity index (χ4v) is 3.25. The van der Waals surface area contributed by atoms with Crippen LogP contribution in [0.1, 0.15) is 6.92 Å². The lowest BCUT2D eigenvalue weighted by Gasteiger charge is -2.14. The van der Waals surface area contributed by atoms with Crippen LogP contribution in [-0.2, 0) is 15.6 Å². The fourth-order valence-electron chi connectivity index (χ4n) is 2.71. The third-order valence-corrected chi connectivity index (χ3v) is 4.75. The van der Waals surface area contributed by atoms with E-state index in [4.69, 9.17) is 0 Å². The van der Waals surface area contributed by atoms with Gasteiger partial charge in [0, 0.05) is 46.2 Å². The molecule has 1 amide bonds. The van der Waals surface area contributed by atoms with Gasteiger partial charge in [-0.2, -0.15) is 0 Å². The number of anilines is 1. The first-order chi connectivity index (χ1) is 12.5. The van der Waals surface area contributed by atoms with Crippen molar-refractivity contribution in [2.75, 3.05) is 11.6 Å². The highest BCUT2D eigenvalue weighted by Crippen LogP contribution is 2.35. The quantitative estimate of drug-likeness (QED) is 0.749. The zero-order chi connectivity index (χ0) is 18.7. The Balaban J connectivity index is 2.21. The van der Waals surface area contributed by atoms with E-state index in [9.17, 15) is 13.4 Å². The van der Waals surface area contributed by atoms with Gasteiger partial charge >= 0.3 is 0 Å². The Morgan fingerprint density at radius 1 is 1.08 bits per heavy atom. The van der Waals surface area contributed by atoms with Crippen molar-refractivity contribution in [3.63, 3.8) is 0 Å². The van der Waals surface area contributed by atoms with E-state index in [2.05, 4.69) is 10.3 Å². The van der Waals surface area contributed by atoms with Gasteiger partial charge in [-0.05, 0) is 42.0 Å². The Morgan fingerprint density at radius 3 is 2.58 bits per heavy atom. The number of amides is 1. The SMILES string of the molecule is CC(=O)Nc1cc(S(C)=O)ccc1-c1ncccc1-c1cccc(F)c1.